The second-order valence-corrected chi connectivity index (χ2v) is 3.55. The summed E-state index contributed by atoms with van der Waals surface area (Å²) in [4.78, 5) is 2.30. The van der Waals surface area contributed by atoms with E-state index in [2.05, 4.69) is 17.0 Å². The molecule has 0 spiro atoms. The Labute approximate surface area is 79.4 Å². The summed E-state index contributed by atoms with van der Waals surface area (Å²) in [5.41, 5.74) is 5.62. The first-order chi connectivity index (χ1) is 6.29. The van der Waals surface area contributed by atoms with Crippen LogP contribution >= 0.6 is 0 Å². The number of amidine groups is 1. The van der Waals surface area contributed by atoms with Crippen LogP contribution in [0.15, 0.2) is 5.16 Å². The van der Waals surface area contributed by atoms with Crippen LogP contribution < -0.4 is 5.73 Å². The lowest BCUT2D eigenvalue weighted by molar-refractivity contribution is 0.192. The summed E-state index contributed by atoms with van der Waals surface area (Å²) in [6, 6.07) is 0.130. The standard InChI is InChI=1S/C9H19N3O/c1-2-8(9(10)11-13)12-6-4-3-5-7-12/h8,13H,2-7H2,1H3,(H2,10,11). The van der Waals surface area contributed by atoms with Gasteiger partial charge in [0.2, 0.25) is 0 Å². The van der Waals surface area contributed by atoms with Gasteiger partial charge in [-0.05, 0) is 32.4 Å². The Morgan fingerprint density at radius 3 is 2.54 bits per heavy atom. The van der Waals surface area contributed by atoms with E-state index in [4.69, 9.17) is 10.9 Å². The molecule has 0 bridgehead atoms. The van der Waals surface area contributed by atoms with E-state index in [1.165, 1.54) is 19.3 Å². The largest absolute Gasteiger partial charge is 0.409 e. The summed E-state index contributed by atoms with van der Waals surface area (Å²) >= 11 is 0. The topological polar surface area (TPSA) is 61.9 Å². The third-order valence-electron chi connectivity index (χ3n) is 2.68. The lowest BCUT2D eigenvalue weighted by atomic mass is 10.1. The third kappa shape index (κ3) is 2.59. The van der Waals surface area contributed by atoms with Crippen LogP contribution in [-0.2, 0) is 0 Å². The monoisotopic (exact) mass is 185 g/mol. The second kappa shape index (κ2) is 5.07. The van der Waals surface area contributed by atoms with Gasteiger partial charge in [-0.3, -0.25) is 4.90 Å². The molecule has 0 aromatic heterocycles. The minimum atomic E-state index is 0.130. The number of rotatable bonds is 3. The van der Waals surface area contributed by atoms with Crippen LogP contribution in [0.3, 0.4) is 0 Å². The Kier molecular flexibility index (Phi) is 4.02. The molecule has 0 radical (unpaired) electrons. The minimum absolute atomic E-state index is 0.130. The molecular formula is C9H19N3O. The third-order valence-corrected chi connectivity index (χ3v) is 2.68. The van der Waals surface area contributed by atoms with Crippen molar-refractivity contribution in [1.82, 2.24) is 4.90 Å². The molecule has 0 saturated carbocycles. The van der Waals surface area contributed by atoms with Crippen LogP contribution in [0, 0.1) is 0 Å². The maximum absolute atomic E-state index is 8.60. The number of oxime groups is 1. The van der Waals surface area contributed by atoms with Gasteiger partial charge in [0.25, 0.3) is 0 Å². The molecule has 1 heterocycles. The molecular weight excluding hydrogens is 166 g/mol. The predicted molar refractivity (Wildman–Crippen MR) is 52.9 cm³/mol. The quantitative estimate of drug-likeness (QED) is 0.298. The van der Waals surface area contributed by atoms with Gasteiger partial charge in [-0.1, -0.05) is 18.5 Å². The first-order valence-corrected chi connectivity index (χ1v) is 5.01. The van der Waals surface area contributed by atoms with Crippen LogP contribution in [0.1, 0.15) is 32.6 Å². The average molecular weight is 185 g/mol. The van der Waals surface area contributed by atoms with E-state index in [1.54, 1.807) is 0 Å². The van der Waals surface area contributed by atoms with Crippen LogP contribution in [-0.4, -0.2) is 35.1 Å². The predicted octanol–water partition coefficient (Wildman–Crippen LogP) is 0.997. The second-order valence-electron chi connectivity index (χ2n) is 3.55. The SMILES string of the molecule is CCC(C(N)=NO)N1CCCCC1. The van der Waals surface area contributed by atoms with Gasteiger partial charge >= 0.3 is 0 Å². The molecule has 0 aromatic rings. The molecule has 1 atom stereocenters. The van der Waals surface area contributed by atoms with Crippen molar-refractivity contribution in [2.75, 3.05) is 13.1 Å². The molecule has 1 saturated heterocycles. The van der Waals surface area contributed by atoms with Gasteiger partial charge < -0.3 is 10.9 Å². The molecule has 1 fully saturated rings. The number of piperidine rings is 1. The van der Waals surface area contributed by atoms with E-state index in [-0.39, 0.29) is 6.04 Å². The van der Waals surface area contributed by atoms with Gasteiger partial charge in [0.1, 0.15) is 0 Å². The molecule has 3 N–H and O–H groups in total. The Morgan fingerprint density at radius 2 is 2.08 bits per heavy atom. The number of nitrogens with two attached hydrogens (primary N) is 1. The summed E-state index contributed by atoms with van der Waals surface area (Å²) in [6.07, 6.45) is 4.68. The highest BCUT2D eigenvalue weighted by atomic mass is 16.4. The Morgan fingerprint density at radius 1 is 1.46 bits per heavy atom. The van der Waals surface area contributed by atoms with E-state index >= 15 is 0 Å². The number of nitrogens with zero attached hydrogens (tertiary/aromatic N) is 2. The summed E-state index contributed by atoms with van der Waals surface area (Å²) in [5.74, 6) is 0.351. The molecule has 1 unspecified atom stereocenters. The first-order valence-electron chi connectivity index (χ1n) is 5.01. The van der Waals surface area contributed by atoms with Crippen molar-refractivity contribution in [1.29, 1.82) is 0 Å². The smallest absolute Gasteiger partial charge is 0.156 e. The van der Waals surface area contributed by atoms with Crippen molar-refractivity contribution in [2.45, 2.75) is 38.6 Å². The van der Waals surface area contributed by atoms with Gasteiger partial charge in [0.15, 0.2) is 5.84 Å². The molecule has 4 heteroatoms. The maximum atomic E-state index is 8.60. The normalized spacial score (nSPS) is 23.0. The van der Waals surface area contributed by atoms with Crippen molar-refractivity contribution in [3.63, 3.8) is 0 Å². The molecule has 1 aliphatic heterocycles. The molecule has 0 aliphatic carbocycles. The fraction of sp³-hybridized carbons (Fsp3) is 0.889. The fourth-order valence-electron chi connectivity index (χ4n) is 1.95. The fourth-order valence-corrected chi connectivity index (χ4v) is 1.95. The van der Waals surface area contributed by atoms with Gasteiger partial charge in [0, 0.05) is 0 Å². The Balaban J connectivity index is 2.53. The molecule has 4 nitrogen and oxygen atoms in total. The molecule has 1 rings (SSSR count). The lowest BCUT2D eigenvalue weighted by Gasteiger charge is -2.32. The van der Waals surface area contributed by atoms with Gasteiger partial charge in [-0.25, -0.2) is 0 Å². The summed E-state index contributed by atoms with van der Waals surface area (Å²) in [6.45, 7) is 4.22. The van der Waals surface area contributed by atoms with Gasteiger partial charge in [0.05, 0.1) is 6.04 Å². The van der Waals surface area contributed by atoms with Crippen LogP contribution in [0.2, 0.25) is 0 Å². The van der Waals surface area contributed by atoms with Crippen LogP contribution in [0.5, 0.6) is 0 Å². The van der Waals surface area contributed by atoms with Crippen molar-refractivity contribution < 1.29 is 5.21 Å². The molecule has 13 heavy (non-hydrogen) atoms. The molecule has 0 amide bonds. The van der Waals surface area contributed by atoms with Crippen molar-refractivity contribution in [3.8, 4) is 0 Å². The minimum Gasteiger partial charge on any atom is -0.409 e. The van der Waals surface area contributed by atoms with E-state index in [9.17, 15) is 0 Å². The Hall–Kier alpha value is -0.770. The zero-order valence-electron chi connectivity index (χ0n) is 8.24. The highest BCUT2D eigenvalue weighted by Crippen LogP contribution is 2.14. The van der Waals surface area contributed by atoms with E-state index in [0.29, 0.717) is 5.84 Å². The highest BCUT2D eigenvalue weighted by molar-refractivity contribution is 5.85. The zero-order valence-corrected chi connectivity index (χ0v) is 8.24. The average Bonchev–Trinajstić information content (AvgIpc) is 2.20. The molecule has 1 aliphatic rings. The van der Waals surface area contributed by atoms with Crippen molar-refractivity contribution in [2.24, 2.45) is 10.9 Å². The van der Waals surface area contributed by atoms with Crippen LogP contribution in [0.4, 0.5) is 0 Å². The first kappa shape index (κ1) is 10.3. The van der Waals surface area contributed by atoms with Crippen molar-refractivity contribution in [3.05, 3.63) is 0 Å². The number of hydrogen-bond acceptors (Lipinski definition) is 3. The number of hydrogen-bond donors (Lipinski definition) is 2. The van der Waals surface area contributed by atoms with Crippen molar-refractivity contribution >= 4 is 5.84 Å². The summed E-state index contributed by atoms with van der Waals surface area (Å²) < 4.78 is 0. The van der Waals surface area contributed by atoms with Crippen LogP contribution in [0.25, 0.3) is 0 Å². The summed E-state index contributed by atoms with van der Waals surface area (Å²) in [5, 5.41) is 11.7. The van der Waals surface area contributed by atoms with Gasteiger partial charge in [-0.2, -0.15) is 0 Å². The molecule has 0 aromatic carbocycles. The van der Waals surface area contributed by atoms with E-state index in [0.717, 1.165) is 19.5 Å². The highest BCUT2D eigenvalue weighted by Gasteiger charge is 2.22. The number of likely N-dealkylation sites (tertiary alicyclic amines) is 1. The van der Waals surface area contributed by atoms with Gasteiger partial charge in [-0.15, -0.1) is 0 Å². The Bertz CT molecular complexity index is 176. The lowest BCUT2D eigenvalue weighted by Crippen LogP contribution is -2.46. The zero-order chi connectivity index (χ0) is 9.68. The molecule has 76 valence electrons. The van der Waals surface area contributed by atoms with E-state index in [1.807, 2.05) is 0 Å². The summed E-state index contributed by atoms with van der Waals surface area (Å²) in [7, 11) is 0. The maximum Gasteiger partial charge on any atom is 0.156 e. The van der Waals surface area contributed by atoms with E-state index < -0.39 is 0 Å².